The first-order valence-corrected chi connectivity index (χ1v) is 7.29. The highest BCUT2D eigenvalue weighted by Crippen LogP contribution is 2.32. The maximum atomic E-state index is 12.4. The number of likely N-dealkylation sites (N-methyl/N-ethyl adjacent to an activating group) is 1. The van der Waals surface area contributed by atoms with Crippen LogP contribution >= 0.6 is 0 Å². The van der Waals surface area contributed by atoms with Crippen molar-refractivity contribution < 1.29 is 4.79 Å². The molecule has 19 heavy (non-hydrogen) atoms. The second-order valence-electron chi connectivity index (χ2n) is 5.90. The molecule has 1 aromatic carbocycles. The fourth-order valence-electron chi connectivity index (χ4n) is 2.79. The molecule has 102 valence electrons. The van der Waals surface area contributed by atoms with Gasteiger partial charge in [0.15, 0.2) is 0 Å². The number of benzene rings is 1. The van der Waals surface area contributed by atoms with Crippen molar-refractivity contribution in [1.29, 1.82) is 0 Å². The van der Waals surface area contributed by atoms with Gasteiger partial charge < -0.3 is 10.2 Å². The lowest BCUT2D eigenvalue weighted by Gasteiger charge is -2.29. The Bertz CT molecular complexity index is 468. The third kappa shape index (κ3) is 2.98. The van der Waals surface area contributed by atoms with E-state index in [1.165, 1.54) is 30.4 Å². The number of rotatable bonds is 4. The van der Waals surface area contributed by atoms with Gasteiger partial charge in [0.2, 0.25) is 5.91 Å². The molecule has 1 amide bonds. The van der Waals surface area contributed by atoms with E-state index >= 15 is 0 Å². The average molecular weight is 258 g/mol. The van der Waals surface area contributed by atoms with Crippen molar-refractivity contribution in [3.8, 4) is 0 Å². The molecule has 0 saturated heterocycles. The fraction of sp³-hybridized carbons (Fsp3) is 0.562. The first-order chi connectivity index (χ1) is 9.24. The summed E-state index contributed by atoms with van der Waals surface area (Å²) >= 11 is 0. The summed E-state index contributed by atoms with van der Waals surface area (Å²) in [5.41, 5.74) is 2.64. The Kier molecular flexibility index (Phi) is 3.56. The summed E-state index contributed by atoms with van der Waals surface area (Å²) in [7, 11) is 1.94. The van der Waals surface area contributed by atoms with Gasteiger partial charge in [-0.2, -0.15) is 0 Å². The molecule has 1 N–H and O–H groups in total. The lowest BCUT2D eigenvalue weighted by molar-refractivity contribution is -0.132. The highest BCUT2D eigenvalue weighted by Gasteiger charge is 2.27. The van der Waals surface area contributed by atoms with E-state index in [2.05, 4.69) is 29.6 Å². The van der Waals surface area contributed by atoms with E-state index < -0.39 is 0 Å². The Morgan fingerprint density at radius 1 is 1.32 bits per heavy atom. The highest BCUT2D eigenvalue weighted by molar-refractivity contribution is 5.82. The van der Waals surface area contributed by atoms with Crippen LogP contribution in [0.5, 0.6) is 0 Å². The summed E-state index contributed by atoms with van der Waals surface area (Å²) in [4.78, 5) is 14.3. The van der Waals surface area contributed by atoms with Crippen LogP contribution in [0, 0.1) is 5.92 Å². The number of amides is 1. The van der Waals surface area contributed by atoms with E-state index in [9.17, 15) is 4.79 Å². The number of carbonyl (C=O) groups excluding carboxylic acids is 1. The second kappa shape index (κ2) is 5.33. The van der Waals surface area contributed by atoms with E-state index in [4.69, 9.17) is 0 Å². The average Bonchev–Trinajstić information content (AvgIpc) is 3.27. The van der Waals surface area contributed by atoms with Crippen LogP contribution in [0.3, 0.4) is 0 Å². The Labute approximate surface area is 115 Å². The van der Waals surface area contributed by atoms with Gasteiger partial charge in [-0.05, 0) is 29.9 Å². The SMILES string of the molecule is CN(CCC1CC1)C(=O)C1Cc2ccccc2CN1. The lowest BCUT2D eigenvalue weighted by atomic mass is 9.95. The minimum Gasteiger partial charge on any atom is -0.344 e. The van der Waals surface area contributed by atoms with Gasteiger partial charge in [0.25, 0.3) is 0 Å². The van der Waals surface area contributed by atoms with Crippen molar-refractivity contribution in [3.05, 3.63) is 35.4 Å². The number of carbonyl (C=O) groups is 1. The number of hydrogen-bond acceptors (Lipinski definition) is 2. The van der Waals surface area contributed by atoms with Crippen LogP contribution in [-0.4, -0.2) is 30.4 Å². The van der Waals surface area contributed by atoms with Crippen LogP contribution < -0.4 is 5.32 Å². The van der Waals surface area contributed by atoms with Gasteiger partial charge in [-0.15, -0.1) is 0 Å². The van der Waals surface area contributed by atoms with Crippen LogP contribution in [0.2, 0.25) is 0 Å². The van der Waals surface area contributed by atoms with Gasteiger partial charge in [-0.3, -0.25) is 4.79 Å². The largest absolute Gasteiger partial charge is 0.344 e. The van der Waals surface area contributed by atoms with E-state index in [0.29, 0.717) is 0 Å². The first-order valence-electron chi connectivity index (χ1n) is 7.29. The molecular weight excluding hydrogens is 236 g/mol. The third-order valence-corrected chi connectivity index (χ3v) is 4.33. The minimum absolute atomic E-state index is 0.0425. The zero-order valence-electron chi connectivity index (χ0n) is 11.6. The Balaban J connectivity index is 1.58. The standard InChI is InChI=1S/C16H22N2O/c1-18(9-8-12-6-7-12)16(19)15-10-13-4-2-3-5-14(13)11-17-15/h2-5,12,15,17H,6-11H2,1H3. The minimum atomic E-state index is -0.0425. The quantitative estimate of drug-likeness (QED) is 0.895. The third-order valence-electron chi connectivity index (χ3n) is 4.33. The summed E-state index contributed by atoms with van der Waals surface area (Å²) in [6.07, 6.45) is 4.71. The Morgan fingerprint density at radius 2 is 2.05 bits per heavy atom. The number of nitrogens with zero attached hydrogens (tertiary/aromatic N) is 1. The molecule has 1 unspecified atom stereocenters. The van der Waals surface area contributed by atoms with Crippen molar-refractivity contribution >= 4 is 5.91 Å². The molecule has 1 aromatic rings. The van der Waals surface area contributed by atoms with Gasteiger partial charge >= 0.3 is 0 Å². The summed E-state index contributed by atoms with van der Waals surface area (Å²) in [6.45, 7) is 1.71. The van der Waals surface area contributed by atoms with Gasteiger partial charge in [0.05, 0.1) is 6.04 Å². The molecule has 3 nitrogen and oxygen atoms in total. The molecular formula is C16H22N2O. The van der Waals surface area contributed by atoms with Crippen LogP contribution in [-0.2, 0) is 17.8 Å². The molecule has 0 radical (unpaired) electrons. The maximum Gasteiger partial charge on any atom is 0.239 e. The van der Waals surface area contributed by atoms with Gasteiger partial charge in [0, 0.05) is 20.1 Å². The predicted octanol–water partition coefficient (Wildman–Crippen LogP) is 1.96. The van der Waals surface area contributed by atoms with Crippen molar-refractivity contribution in [2.45, 2.75) is 38.3 Å². The molecule has 2 aliphatic rings. The summed E-state index contributed by atoms with van der Waals surface area (Å²) < 4.78 is 0. The molecule has 1 saturated carbocycles. The maximum absolute atomic E-state index is 12.4. The van der Waals surface area contributed by atoms with E-state index in [1.807, 2.05) is 11.9 Å². The smallest absolute Gasteiger partial charge is 0.239 e. The normalized spacial score (nSPS) is 21.8. The van der Waals surface area contributed by atoms with Gasteiger partial charge in [-0.25, -0.2) is 0 Å². The van der Waals surface area contributed by atoms with Crippen LogP contribution in [0.15, 0.2) is 24.3 Å². The molecule has 0 spiro atoms. The zero-order valence-corrected chi connectivity index (χ0v) is 11.6. The number of hydrogen-bond donors (Lipinski definition) is 1. The summed E-state index contributed by atoms with van der Waals surface area (Å²) in [5, 5.41) is 3.37. The predicted molar refractivity (Wildman–Crippen MR) is 75.8 cm³/mol. The van der Waals surface area contributed by atoms with Crippen LogP contribution in [0.1, 0.15) is 30.4 Å². The highest BCUT2D eigenvalue weighted by atomic mass is 16.2. The van der Waals surface area contributed by atoms with Gasteiger partial charge in [0.1, 0.15) is 0 Å². The van der Waals surface area contributed by atoms with Crippen molar-refractivity contribution in [2.24, 2.45) is 5.92 Å². The summed E-state index contributed by atoms with van der Waals surface area (Å²) in [5.74, 6) is 1.13. The molecule has 3 heteroatoms. The molecule has 0 aromatic heterocycles. The zero-order chi connectivity index (χ0) is 13.2. The monoisotopic (exact) mass is 258 g/mol. The Hall–Kier alpha value is -1.35. The van der Waals surface area contributed by atoms with Crippen molar-refractivity contribution in [3.63, 3.8) is 0 Å². The van der Waals surface area contributed by atoms with E-state index in [-0.39, 0.29) is 11.9 Å². The molecule has 1 heterocycles. The van der Waals surface area contributed by atoms with E-state index in [1.54, 1.807) is 0 Å². The second-order valence-corrected chi connectivity index (χ2v) is 5.90. The molecule has 1 aliphatic heterocycles. The van der Waals surface area contributed by atoms with E-state index in [0.717, 1.165) is 25.4 Å². The van der Waals surface area contributed by atoms with Crippen LogP contribution in [0.25, 0.3) is 0 Å². The molecule has 0 bridgehead atoms. The molecule has 3 rings (SSSR count). The van der Waals surface area contributed by atoms with Crippen LogP contribution in [0.4, 0.5) is 0 Å². The van der Waals surface area contributed by atoms with Crippen molar-refractivity contribution in [1.82, 2.24) is 10.2 Å². The lowest BCUT2D eigenvalue weighted by Crippen LogP contribution is -2.48. The fourth-order valence-corrected chi connectivity index (χ4v) is 2.79. The number of nitrogens with one attached hydrogen (secondary N) is 1. The molecule has 1 fully saturated rings. The summed E-state index contributed by atoms with van der Waals surface area (Å²) in [6, 6.07) is 8.35. The molecule has 1 atom stereocenters. The first kappa shape index (κ1) is 12.7. The number of fused-ring (bicyclic) bond motifs is 1. The Morgan fingerprint density at radius 3 is 2.79 bits per heavy atom. The topological polar surface area (TPSA) is 32.3 Å². The molecule has 1 aliphatic carbocycles. The van der Waals surface area contributed by atoms with Crippen molar-refractivity contribution in [2.75, 3.05) is 13.6 Å². The van der Waals surface area contributed by atoms with Gasteiger partial charge in [-0.1, -0.05) is 37.1 Å².